The summed E-state index contributed by atoms with van der Waals surface area (Å²) in [4.78, 5) is 21.5. The van der Waals surface area contributed by atoms with E-state index in [2.05, 4.69) is 46.2 Å². The second-order valence-corrected chi connectivity index (χ2v) is 6.48. The first kappa shape index (κ1) is 16.5. The quantitative estimate of drug-likeness (QED) is 0.538. The minimum atomic E-state index is -0.414. The van der Waals surface area contributed by atoms with Crippen LogP contribution < -0.4 is 5.32 Å². The van der Waals surface area contributed by atoms with Crippen LogP contribution in [-0.2, 0) is 0 Å². The second-order valence-electron chi connectivity index (χ2n) is 5.56. The molecule has 0 aliphatic rings. The van der Waals surface area contributed by atoms with Crippen molar-refractivity contribution in [1.29, 1.82) is 0 Å². The van der Waals surface area contributed by atoms with E-state index in [-0.39, 0.29) is 11.4 Å². The zero-order valence-corrected chi connectivity index (χ0v) is 15.2. The predicted molar refractivity (Wildman–Crippen MR) is 100 cm³/mol. The molecule has 0 aliphatic carbocycles. The molecule has 0 bridgehead atoms. The van der Waals surface area contributed by atoms with Gasteiger partial charge in [0.2, 0.25) is 0 Å². The van der Waals surface area contributed by atoms with Crippen molar-refractivity contribution in [3.8, 4) is 11.4 Å². The first-order valence-electron chi connectivity index (χ1n) is 7.73. The fraction of sp³-hybridized carbons (Fsp3) is 0.0556. The molecule has 1 N–H and O–H groups in total. The monoisotopic (exact) mass is 410 g/mol. The third-order valence-corrected chi connectivity index (χ3v) is 4.27. The van der Waals surface area contributed by atoms with Crippen LogP contribution in [-0.4, -0.2) is 24.9 Å². The lowest BCUT2D eigenvalue weighted by molar-refractivity contribution is 0.630. The van der Waals surface area contributed by atoms with Crippen LogP contribution in [0.4, 0.5) is 15.9 Å². The highest BCUT2D eigenvalue weighted by molar-refractivity contribution is 9.10. The van der Waals surface area contributed by atoms with Crippen LogP contribution in [0.2, 0.25) is 0 Å². The van der Waals surface area contributed by atoms with Crippen molar-refractivity contribution < 1.29 is 4.39 Å². The van der Waals surface area contributed by atoms with Crippen molar-refractivity contribution in [3.63, 3.8) is 0 Å². The van der Waals surface area contributed by atoms with Gasteiger partial charge in [0.05, 0.1) is 5.56 Å². The molecule has 0 saturated heterocycles. The van der Waals surface area contributed by atoms with E-state index < -0.39 is 5.82 Å². The number of anilines is 2. The van der Waals surface area contributed by atoms with E-state index in [1.165, 1.54) is 12.3 Å². The van der Waals surface area contributed by atoms with E-state index in [0.717, 1.165) is 15.7 Å². The van der Waals surface area contributed by atoms with Crippen LogP contribution in [0.15, 0.2) is 53.5 Å². The van der Waals surface area contributed by atoms with Gasteiger partial charge in [0.15, 0.2) is 22.8 Å². The molecule has 4 aromatic rings. The minimum absolute atomic E-state index is 0.228. The number of aryl methyl sites for hydroxylation is 1. The van der Waals surface area contributed by atoms with E-state index in [9.17, 15) is 4.39 Å². The molecule has 1 aromatic carbocycles. The van der Waals surface area contributed by atoms with Crippen LogP contribution in [0.5, 0.6) is 0 Å². The average molecular weight is 411 g/mol. The average Bonchev–Trinajstić information content (AvgIpc) is 2.65. The zero-order chi connectivity index (χ0) is 18.1. The molecule has 3 heterocycles. The van der Waals surface area contributed by atoms with Crippen molar-refractivity contribution in [1.82, 2.24) is 24.9 Å². The standard InChI is InChI=1S/C18H12BrFN6/c1-10-9-21-5-4-14(10)24-18-15-17(23-7-6-22-15)25-16(26-18)12-8-11(19)2-3-13(12)20/h2-9H,1H3,(H,21,23,24,25,26). The van der Waals surface area contributed by atoms with Crippen LogP contribution in [0.1, 0.15) is 5.56 Å². The first-order chi connectivity index (χ1) is 12.6. The Morgan fingerprint density at radius 1 is 1.04 bits per heavy atom. The maximum Gasteiger partial charge on any atom is 0.184 e. The lowest BCUT2D eigenvalue weighted by Crippen LogP contribution is -2.03. The molecule has 6 nitrogen and oxygen atoms in total. The predicted octanol–water partition coefficient (Wildman–Crippen LogP) is 4.44. The van der Waals surface area contributed by atoms with E-state index in [1.54, 1.807) is 30.7 Å². The summed E-state index contributed by atoms with van der Waals surface area (Å²) in [5, 5.41) is 3.23. The number of hydrogen-bond acceptors (Lipinski definition) is 6. The second kappa shape index (κ2) is 6.72. The van der Waals surface area contributed by atoms with Crippen LogP contribution in [0.3, 0.4) is 0 Å². The zero-order valence-electron chi connectivity index (χ0n) is 13.6. The molecular formula is C18H12BrFN6. The fourth-order valence-electron chi connectivity index (χ4n) is 2.48. The summed E-state index contributed by atoms with van der Waals surface area (Å²) < 4.78 is 15.0. The van der Waals surface area contributed by atoms with E-state index in [4.69, 9.17) is 0 Å². The van der Waals surface area contributed by atoms with E-state index in [1.807, 2.05) is 13.0 Å². The largest absolute Gasteiger partial charge is 0.338 e. The molecule has 3 aromatic heterocycles. The van der Waals surface area contributed by atoms with Gasteiger partial charge < -0.3 is 5.32 Å². The van der Waals surface area contributed by atoms with Gasteiger partial charge in [-0.05, 0) is 36.8 Å². The Morgan fingerprint density at radius 2 is 1.88 bits per heavy atom. The Balaban J connectivity index is 1.91. The molecule has 128 valence electrons. The molecule has 0 saturated carbocycles. The maximum absolute atomic E-state index is 14.3. The molecule has 0 atom stereocenters. The van der Waals surface area contributed by atoms with Crippen molar-refractivity contribution in [2.45, 2.75) is 6.92 Å². The Kier molecular flexibility index (Phi) is 4.26. The van der Waals surface area contributed by atoms with Crippen LogP contribution in [0, 0.1) is 12.7 Å². The normalized spacial score (nSPS) is 10.9. The highest BCUT2D eigenvalue weighted by Crippen LogP contribution is 2.28. The summed E-state index contributed by atoms with van der Waals surface area (Å²) in [6.45, 7) is 1.93. The number of aromatic nitrogens is 5. The van der Waals surface area contributed by atoms with Gasteiger partial charge in [-0.15, -0.1) is 0 Å². The summed E-state index contributed by atoms with van der Waals surface area (Å²) in [6.07, 6.45) is 6.53. The third kappa shape index (κ3) is 3.11. The smallest absolute Gasteiger partial charge is 0.184 e. The summed E-state index contributed by atoms with van der Waals surface area (Å²) in [7, 11) is 0. The Morgan fingerprint density at radius 3 is 2.73 bits per heavy atom. The number of hydrogen-bond donors (Lipinski definition) is 1. The van der Waals surface area contributed by atoms with Gasteiger partial charge in [0, 0.05) is 34.9 Å². The molecule has 0 fully saturated rings. The SMILES string of the molecule is Cc1cnccc1Nc1nc(-c2cc(Br)ccc2F)nc2nccnc12. The van der Waals surface area contributed by atoms with Gasteiger partial charge in [0.25, 0.3) is 0 Å². The molecule has 0 aliphatic heterocycles. The highest BCUT2D eigenvalue weighted by Gasteiger charge is 2.15. The number of pyridine rings is 1. The van der Waals surface area contributed by atoms with Gasteiger partial charge in [-0.3, -0.25) is 4.98 Å². The van der Waals surface area contributed by atoms with Crippen LogP contribution in [0.25, 0.3) is 22.6 Å². The van der Waals surface area contributed by atoms with E-state index >= 15 is 0 Å². The number of benzene rings is 1. The Labute approximate surface area is 156 Å². The van der Waals surface area contributed by atoms with Gasteiger partial charge in [-0.2, -0.15) is 0 Å². The summed E-state index contributed by atoms with van der Waals surface area (Å²) in [6, 6.07) is 6.45. The van der Waals surface area contributed by atoms with Gasteiger partial charge >= 0.3 is 0 Å². The summed E-state index contributed by atoms with van der Waals surface area (Å²) in [5.74, 6) is 0.264. The molecule has 26 heavy (non-hydrogen) atoms. The van der Waals surface area contributed by atoms with E-state index in [0.29, 0.717) is 17.0 Å². The molecule has 0 radical (unpaired) electrons. The van der Waals surface area contributed by atoms with Crippen molar-refractivity contribution in [2.75, 3.05) is 5.32 Å². The fourth-order valence-corrected chi connectivity index (χ4v) is 2.84. The molecule has 0 spiro atoms. The molecule has 0 amide bonds. The number of nitrogens with zero attached hydrogens (tertiary/aromatic N) is 5. The Hall–Kier alpha value is -3.00. The number of halogens is 2. The first-order valence-corrected chi connectivity index (χ1v) is 8.53. The van der Waals surface area contributed by atoms with Gasteiger partial charge in [0.1, 0.15) is 5.82 Å². The topological polar surface area (TPSA) is 76.5 Å². The van der Waals surface area contributed by atoms with Gasteiger partial charge in [-0.1, -0.05) is 15.9 Å². The van der Waals surface area contributed by atoms with Crippen LogP contribution >= 0.6 is 15.9 Å². The Bertz CT molecular complexity index is 1120. The van der Waals surface area contributed by atoms with Crippen molar-refractivity contribution in [2.24, 2.45) is 0 Å². The third-order valence-electron chi connectivity index (χ3n) is 3.78. The van der Waals surface area contributed by atoms with Crippen molar-refractivity contribution >= 4 is 38.6 Å². The lowest BCUT2D eigenvalue weighted by atomic mass is 10.2. The highest BCUT2D eigenvalue weighted by atomic mass is 79.9. The molecule has 4 rings (SSSR count). The molecule has 0 unspecified atom stereocenters. The minimum Gasteiger partial charge on any atom is -0.338 e. The number of fused-ring (bicyclic) bond motifs is 1. The number of rotatable bonds is 3. The number of nitrogens with one attached hydrogen (secondary N) is 1. The maximum atomic E-state index is 14.3. The summed E-state index contributed by atoms with van der Waals surface area (Å²) >= 11 is 3.35. The summed E-state index contributed by atoms with van der Waals surface area (Å²) in [5.41, 5.74) is 2.93. The molecule has 8 heteroatoms. The van der Waals surface area contributed by atoms with Crippen molar-refractivity contribution in [3.05, 3.63) is 64.9 Å². The van der Waals surface area contributed by atoms with Gasteiger partial charge in [-0.25, -0.2) is 24.3 Å². The molecular weight excluding hydrogens is 399 g/mol. The lowest BCUT2D eigenvalue weighted by Gasteiger charge is -2.11.